The van der Waals surface area contributed by atoms with Gasteiger partial charge in [0.2, 0.25) is 0 Å². The Bertz CT molecular complexity index is 196. The monoisotopic (exact) mass is 252 g/mol. The number of hydrogen-bond acceptors (Lipinski definition) is 1. The fraction of sp³-hybridized carbons (Fsp3) is 0.941. The van der Waals surface area contributed by atoms with Crippen LogP contribution >= 0.6 is 0 Å². The molecule has 0 aromatic carbocycles. The number of carbonyl (C=O) groups is 1. The van der Waals surface area contributed by atoms with Crippen molar-refractivity contribution >= 4 is 6.29 Å². The molecule has 0 unspecified atom stereocenters. The Hall–Kier alpha value is -0.330. The number of carbonyl (C=O) groups excluding carboxylic acids is 1. The summed E-state index contributed by atoms with van der Waals surface area (Å²) in [6.45, 7) is 2.33. The molecule has 1 aliphatic carbocycles. The fourth-order valence-electron chi connectivity index (χ4n) is 3.22. The summed E-state index contributed by atoms with van der Waals surface area (Å²) in [7, 11) is 0. The first kappa shape index (κ1) is 15.7. The van der Waals surface area contributed by atoms with Crippen molar-refractivity contribution in [2.75, 3.05) is 0 Å². The van der Waals surface area contributed by atoms with Gasteiger partial charge in [-0.3, -0.25) is 0 Å². The quantitative estimate of drug-likeness (QED) is 0.579. The van der Waals surface area contributed by atoms with Gasteiger partial charge in [-0.1, -0.05) is 77.6 Å². The fourth-order valence-corrected chi connectivity index (χ4v) is 3.22. The van der Waals surface area contributed by atoms with E-state index in [0.29, 0.717) is 5.41 Å². The Morgan fingerprint density at radius 3 is 1.39 bits per heavy atom. The Morgan fingerprint density at radius 2 is 1.06 bits per heavy atom. The van der Waals surface area contributed by atoms with Crippen LogP contribution in [0.3, 0.4) is 0 Å². The number of rotatable bonds is 2. The molecular weight excluding hydrogens is 220 g/mol. The summed E-state index contributed by atoms with van der Waals surface area (Å²) in [5.41, 5.74) is 0.297. The van der Waals surface area contributed by atoms with Crippen molar-refractivity contribution in [2.45, 2.75) is 96.8 Å². The zero-order valence-electron chi connectivity index (χ0n) is 12.4. The first-order valence-electron chi connectivity index (χ1n) is 8.20. The molecule has 1 aliphatic rings. The summed E-state index contributed by atoms with van der Waals surface area (Å²) in [6, 6.07) is 0. The maximum atomic E-state index is 10.9. The van der Waals surface area contributed by atoms with E-state index < -0.39 is 0 Å². The molecule has 1 heteroatoms. The molecule has 18 heavy (non-hydrogen) atoms. The summed E-state index contributed by atoms with van der Waals surface area (Å²) >= 11 is 0. The second-order valence-corrected chi connectivity index (χ2v) is 6.57. The van der Waals surface area contributed by atoms with Crippen molar-refractivity contribution in [3.05, 3.63) is 0 Å². The lowest BCUT2D eigenvalue weighted by Crippen LogP contribution is -2.17. The molecule has 1 nitrogen and oxygen atoms in total. The minimum Gasteiger partial charge on any atom is -0.303 e. The second kappa shape index (κ2) is 9.58. The van der Waals surface area contributed by atoms with E-state index in [1.54, 1.807) is 0 Å². The van der Waals surface area contributed by atoms with E-state index in [4.69, 9.17) is 0 Å². The van der Waals surface area contributed by atoms with E-state index in [1.807, 2.05) is 0 Å². The topological polar surface area (TPSA) is 17.1 Å². The van der Waals surface area contributed by atoms with Gasteiger partial charge < -0.3 is 4.79 Å². The van der Waals surface area contributed by atoms with Crippen molar-refractivity contribution in [1.82, 2.24) is 0 Å². The van der Waals surface area contributed by atoms with Crippen LogP contribution in [0.5, 0.6) is 0 Å². The molecule has 0 heterocycles. The summed E-state index contributed by atoms with van der Waals surface area (Å²) in [6.07, 6.45) is 19.8. The standard InChI is InChI=1S/C17H32O/c1-17(15-16-18)13-11-9-7-5-3-2-4-6-8-10-12-14-17/h16H,2-15H2,1H3. The van der Waals surface area contributed by atoms with Crippen LogP contribution in [0.15, 0.2) is 0 Å². The number of hydrogen-bond donors (Lipinski definition) is 0. The highest BCUT2D eigenvalue weighted by Crippen LogP contribution is 2.34. The molecule has 0 bridgehead atoms. The minimum absolute atomic E-state index is 0.297. The molecule has 0 amide bonds. The van der Waals surface area contributed by atoms with E-state index in [1.165, 1.54) is 83.5 Å². The van der Waals surface area contributed by atoms with Crippen LogP contribution in [0, 0.1) is 5.41 Å². The second-order valence-electron chi connectivity index (χ2n) is 6.57. The Kier molecular flexibility index (Phi) is 8.37. The van der Waals surface area contributed by atoms with Crippen LogP contribution in [0.2, 0.25) is 0 Å². The van der Waals surface area contributed by atoms with Gasteiger partial charge in [0.25, 0.3) is 0 Å². The molecule has 0 aromatic heterocycles. The minimum atomic E-state index is 0.297. The van der Waals surface area contributed by atoms with Crippen LogP contribution in [0.4, 0.5) is 0 Å². The third-order valence-electron chi connectivity index (χ3n) is 4.64. The summed E-state index contributed by atoms with van der Waals surface area (Å²) in [4.78, 5) is 10.9. The highest BCUT2D eigenvalue weighted by molar-refractivity contribution is 5.50. The lowest BCUT2D eigenvalue weighted by Gasteiger charge is -2.28. The molecule has 0 spiro atoms. The van der Waals surface area contributed by atoms with Crippen molar-refractivity contribution in [3.63, 3.8) is 0 Å². The predicted octanol–water partition coefficient (Wildman–Crippen LogP) is 5.67. The van der Waals surface area contributed by atoms with Gasteiger partial charge in [0, 0.05) is 6.42 Å². The summed E-state index contributed by atoms with van der Waals surface area (Å²) < 4.78 is 0. The van der Waals surface area contributed by atoms with Crippen LogP contribution in [-0.2, 0) is 4.79 Å². The van der Waals surface area contributed by atoms with E-state index in [2.05, 4.69) is 6.92 Å². The molecule has 106 valence electrons. The van der Waals surface area contributed by atoms with Crippen LogP contribution in [0.1, 0.15) is 96.8 Å². The lowest BCUT2D eigenvalue weighted by molar-refractivity contribution is -0.109. The van der Waals surface area contributed by atoms with Crippen LogP contribution < -0.4 is 0 Å². The van der Waals surface area contributed by atoms with Gasteiger partial charge in [0.05, 0.1) is 0 Å². The Labute approximate surface area is 114 Å². The third kappa shape index (κ3) is 7.18. The average Bonchev–Trinajstić information content (AvgIpc) is 2.35. The van der Waals surface area contributed by atoms with Crippen molar-refractivity contribution in [2.24, 2.45) is 5.41 Å². The van der Waals surface area contributed by atoms with Gasteiger partial charge in [-0.05, 0) is 18.3 Å². The van der Waals surface area contributed by atoms with Crippen molar-refractivity contribution in [1.29, 1.82) is 0 Å². The smallest absolute Gasteiger partial charge is 0.120 e. The molecule has 0 saturated heterocycles. The van der Waals surface area contributed by atoms with Gasteiger partial charge in [-0.2, -0.15) is 0 Å². The van der Waals surface area contributed by atoms with Gasteiger partial charge in [0.15, 0.2) is 0 Å². The molecular formula is C17H32O. The molecule has 0 N–H and O–H groups in total. The first-order valence-corrected chi connectivity index (χ1v) is 8.20. The van der Waals surface area contributed by atoms with Gasteiger partial charge in [0.1, 0.15) is 6.29 Å². The molecule has 0 radical (unpaired) electrons. The summed E-state index contributed by atoms with van der Waals surface area (Å²) in [5, 5.41) is 0. The first-order chi connectivity index (χ1) is 8.77. The normalized spacial score (nSPS) is 24.1. The van der Waals surface area contributed by atoms with E-state index in [0.717, 1.165) is 12.7 Å². The van der Waals surface area contributed by atoms with Crippen LogP contribution in [0.25, 0.3) is 0 Å². The van der Waals surface area contributed by atoms with Crippen molar-refractivity contribution < 1.29 is 4.79 Å². The maximum absolute atomic E-state index is 10.9. The number of aldehydes is 1. The highest BCUT2D eigenvalue weighted by Gasteiger charge is 2.22. The molecule has 0 aliphatic heterocycles. The van der Waals surface area contributed by atoms with Gasteiger partial charge in [-0.25, -0.2) is 0 Å². The zero-order valence-corrected chi connectivity index (χ0v) is 12.4. The molecule has 1 fully saturated rings. The molecule has 0 atom stereocenters. The van der Waals surface area contributed by atoms with Crippen LogP contribution in [-0.4, -0.2) is 6.29 Å². The van der Waals surface area contributed by atoms with E-state index >= 15 is 0 Å². The molecule has 1 rings (SSSR count). The van der Waals surface area contributed by atoms with Gasteiger partial charge in [-0.15, -0.1) is 0 Å². The maximum Gasteiger partial charge on any atom is 0.120 e. The zero-order chi connectivity index (χ0) is 13.1. The molecule has 1 saturated carbocycles. The highest BCUT2D eigenvalue weighted by atomic mass is 16.1. The largest absolute Gasteiger partial charge is 0.303 e. The SMILES string of the molecule is CC1(CC=O)CCCCCCCCCCCCC1. The third-order valence-corrected chi connectivity index (χ3v) is 4.64. The van der Waals surface area contributed by atoms with E-state index in [-0.39, 0.29) is 0 Å². The average molecular weight is 252 g/mol. The Morgan fingerprint density at radius 1 is 0.722 bits per heavy atom. The summed E-state index contributed by atoms with van der Waals surface area (Å²) in [5.74, 6) is 0. The Balaban J connectivity index is 2.35. The lowest BCUT2D eigenvalue weighted by atomic mass is 9.77. The van der Waals surface area contributed by atoms with E-state index in [9.17, 15) is 4.79 Å². The predicted molar refractivity (Wildman–Crippen MR) is 78.8 cm³/mol. The van der Waals surface area contributed by atoms with Gasteiger partial charge >= 0.3 is 0 Å². The molecule has 0 aromatic rings. The van der Waals surface area contributed by atoms with Crippen molar-refractivity contribution in [3.8, 4) is 0 Å².